The van der Waals surface area contributed by atoms with E-state index in [-0.39, 0.29) is 23.3 Å². The fourth-order valence-electron chi connectivity index (χ4n) is 3.82. The Morgan fingerprint density at radius 1 is 0.872 bits per heavy atom. The Kier molecular flexibility index (Phi) is 9.72. The first kappa shape index (κ1) is 27.9. The number of carbonyl (C=O) groups excluding carboxylic acids is 3. The zero-order chi connectivity index (χ0) is 27.6. The van der Waals surface area contributed by atoms with Crippen LogP contribution in [0.2, 0.25) is 0 Å². The fraction of sp³-hybridized carbons (Fsp3) is 0.129. The number of nitrogens with one attached hydrogen (secondary N) is 3. The van der Waals surface area contributed by atoms with E-state index in [0.29, 0.717) is 11.3 Å². The van der Waals surface area contributed by atoms with Gasteiger partial charge in [0.1, 0.15) is 5.70 Å². The Morgan fingerprint density at radius 3 is 2.33 bits per heavy atom. The van der Waals surface area contributed by atoms with Crippen LogP contribution in [0.15, 0.2) is 101 Å². The van der Waals surface area contributed by atoms with E-state index in [1.54, 1.807) is 42.5 Å². The van der Waals surface area contributed by atoms with Crippen molar-refractivity contribution in [2.45, 2.75) is 25.2 Å². The van der Waals surface area contributed by atoms with Gasteiger partial charge in [-0.2, -0.15) is 0 Å². The minimum absolute atomic E-state index is 0.0705. The van der Waals surface area contributed by atoms with Crippen molar-refractivity contribution in [3.05, 3.63) is 118 Å². The molecule has 0 fully saturated rings. The summed E-state index contributed by atoms with van der Waals surface area (Å²) in [5.74, 6) is -0.603. The van der Waals surface area contributed by atoms with Crippen LogP contribution in [0.4, 0.5) is 11.4 Å². The molecule has 8 heteroatoms. The van der Waals surface area contributed by atoms with Gasteiger partial charge in [-0.3, -0.25) is 14.4 Å². The number of benzene rings is 3. The van der Waals surface area contributed by atoms with Gasteiger partial charge in [-0.15, -0.1) is 23.1 Å². The molecule has 0 saturated carbocycles. The summed E-state index contributed by atoms with van der Waals surface area (Å²) in [4.78, 5) is 40.2. The van der Waals surface area contributed by atoms with Crippen LogP contribution in [0.1, 0.15) is 33.3 Å². The molecule has 1 aromatic heterocycles. The fourth-order valence-corrected chi connectivity index (χ4v) is 5.17. The number of amides is 3. The second kappa shape index (κ2) is 13.6. The zero-order valence-corrected chi connectivity index (χ0v) is 23.3. The molecule has 39 heavy (non-hydrogen) atoms. The van der Waals surface area contributed by atoms with E-state index in [1.807, 2.05) is 60.8 Å². The first-order valence-electron chi connectivity index (χ1n) is 12.5. The second-order valence-corrected chi connectivity index (χ2v) is 10.7. The molecule has 3 aromatic carbocycles. The number of thioether (sulfide) groups is 1. The molecule has 0 unspecified atom stereocenters. The van der Waals surface area contributed by atoms with Crippen LogP contribution < -0.4 is 16.0 Å². The van der Waals surface area contributed by atoms with Crippen molar-refractivity contribution in [2.75, 3.05) is 16.4 Å². The molecular weight excluding hydrogens is 526 g/mol. The van der Waals surface area contributed by atoms with Crippen molar-refractivity contribution in [1.29, 1.82) is 0 Å². The van der Waals surface area contributed by atoms with Crippen molar-refractivity contribution >= 4 is 58.3 Å². The highest BCUT2D eigenvalue weighted by atomic mass is 32.2. The first-order chi connectivity index (χ1) is 18.9. The normalized spacial score (nSPS) is 11.1. The highest BCUT2D eigenvalue weighted by molar-refractivity contribution is 8.00. The molecule has 6 nitrogen and oxygen atoms in total. The third-order valence-electron chi connectivity index (χ3n) is 5.85. The van der Waals surface area contributed by atoms with Gasteiger partial charge >= 0.3 is 0 Å². The standard InChI is InChI=1S/C31H29N3O3S2/c1-3-22-12-7-9-21(2)29(22)34-28(35)20-39-25-16-14-24(15-17-25)32-31(37)27(19-26-13-8-18-38-26)33-30(36)23-10-5-4-6-11-23/h4-19H,3,20H2,1-2H3,(H,32,37)(H,33,36)(H,34,35)/b27-19-. The molecule has 0 spiro atoms. The van der Waals surface area contributed by atoms with E-state index < -0.39 is 5.91 Å². The summed E-state index contributed by atoms with van der Waals surface area (Å²) in [6.45, 7) is 4.06. The third kappa shape index (κ3) is 7.92. The molecule has 198 valence electrons. The van der Waals surface area contributed by atoms with E-state index >= 15 is 0 Å². The average molecular weight is 556 g/mol. The van der Waals surface area contributed by atoms with Gasteiger partial charge in [0, 0.05) is 26.7 Å². The highest BCUT2D eigenvalue weighted by Gasteiger charge is 2.15. The van der Waals surface area contributed by atoms with Crippen LogP contribution >= 0.6 is 23.1 Å². The lowest BCUT2D eigenvalue weighted by molar-refractivity contribution is -0.114. The second-order valence-electron chi connectivity index (χ2n) is 8.67. The molecule has 0 bridgehead atoms. The Balaban J connectivity index is 1.37. The maximum Gasteiger partial charge on any atom is 0.272 e. The van der Waals surface area contributed by atoms with E-state index in [4.69, 9.17) is 0 Å². The van der Waals surface area contributed by atoms with Crippen LogP contribution in [-0.2, 0) is 16.0 Å². The van der Waals surface area contributed by atoms with Crippen molar-refractivity contribution < 1.29 is 14.4 Å². The van der Waals surface area contributed by atoms with E-state index in [1.165, 1.54) is 23.1 Å². The van der Waals surface area contributed by atoms with Crippen LogP contribution in [0.25, 0.3) is 6.08 Å². The number of rotatable bonds is 10. The maximum absolute atomic E-state index is 13.1. The molecule has 0 aliphatic rings. The van der Waals surface area contributed by atoms with Gasteiger partial charge in [0.05, 0.1) is 5.75 Å². The molecule has 0 atom stereocenters. The van der Waals surface area contributed by atoms with Gasteiger partial charge in [-0.05, 0) is 78.4 Å². The van der Waals surface area contributed by atoms with Crippen LogP contribution in [0, 0.1) is 6.92 Å². The van der Waals surface area contributed by atoms with E-state index in [9.17, 15) is 14.4 Å². The lowest BCUT2D eigenvalue weighted by atomic mass is 10.1. The Bertz CT molecular complexity index is 1460. The largest absolute Gasteiger partial charge is 0.325 e. The van der Waals surface area contributed by atoms with Gasteiger partial charge in [0.15, 0.2) is 0 Å². The zero-order valence-electron chi connectivity index (χ0n) is 21.7. The topological polar surface area (TPSA) is 87.3 Å². The quantitative estimate of drug-likeness (QED) is 0.149. The summed E-state index contributed by atoms with van der Waals surface area (Å²) >= 11 is 2.89. The summed E-state index contributed by atoms with van der Waals surface area (Å²) in [5.41, 5.74) is 4.22. The minimum Gasteiger partial charge on any atom is -0.325 e. The van der Waals surface area contributed by atoms with E-state index in [0.717, 1.165) is 33.0 Å². The summed E-state index contributed by atoms with van der Waals surface area (Å²) in [6.07, 6.45) is 2.50. The predicted octanol–water partition coefficient (Wildman–Crippen LogP) is 6.76. The van der Waals surface area contributed by atoms with Gasteiger partial charge in [0.25, 0.3) is 11.8 Å². The smallest absolute Gasteiger partial charge is 0.272 e. The number of hydrogen-bond acceptors (Lipinski definition) is 5. The lowest BCUT2D eigenvalue weighted by Gasteiger charge is -2.13. The molecule has 4 aromatic rings. The minimum atomic E-state index is -0.433. The van der Waals surface area contributed by atoms with Gasteiger partial charge in [-0.25, -0.2) is 0 Å². The molecular formula is C31H29N3O3S2. The summed E-state index contributed by atoms with van der Waals surface area (Å²) in [7, 11) is 0. The number of anilines is 2. The number of carbonyl (C=O) groups is 3. The Morgan fingerprint density at radius 2 is 1.64 bits per heavy atom. The average Bonchev–Trinajstić information content (AvgIpc) is 3.47. The molecule has 1 heterocycles. The number of aryl methyl sites for hydroxylation is 2. The van der Waals surface area contributed by atoms with Crippen molar-refractivity contribution in [1.82, 2.24) is 5.32 Å². The molecule has 3 N–H and O–H groups in total. The van der Waals surface area contributed by atoms with Crippen LogP contribution in [0.5, 0.6) is 0 Å². The van der Waals surface area contributed by atoms with Gasteiger partial charge in [-0.1, -0.05) is 49.4 Å². The molecule has 4 rings (SSSR count). The van der Waals surface area contributed by atoms with Crippen LogP contribution in [0.3, 0.4) is 0 Å². The van der Waals surface area contributed by atoms with Gasteiger partial charge in [0.2, 0.25) is 5.91 Å². The maximum atomic E-state index is 13.1. The number of thiophene rings is 1. The Labute approximate surface area is 236 Å². The van der Waals surface area contributed by atoms with E-state index in [2.05, 4.69) is 22.9 Å². The predicted molar refractivity (Wildman–Crippen MR) is 161 cm³/mol. The lowest BCUT2D eigenvalue weighted by Crippen LogP contribution is -2.30. The molecule has 0 saturated heterocycles. The first-order valence-corrected chi connectivity index (χ1v) is 14.3. The molecule has 0 radical (unpaired) electrons. The van der Waals surface area contributed by atoms with Gasteiger partial charge < -0.3 is 16.0 Å². The number of para-hydroxylation sites is 1. The summed E-state index contributed by atoms with van der Waals surface area (Å²) < 4.78 is 0. The van der Waals surface area contributed by atoms with Crippen LogP contribution in [-0.4, -0.2) is 23.5 Å². The SMILES string of the molecule is CCc1cccc(C)c1NC(=O)CSc1ccc(NC(=O)/C(=C/c2cccs2)NC(=O)c2ccccc2)cc1. The number of hydrogen-bond donors (Lipinski definition) is 3. The molecule has 0 aliphatic carbocycles. The monoisotopic (exact) mass is 555 g/mol. The summed E-state index contributed by atoms with van der Waals surface area (Å²) in [6, 6.07) is 25.8. The highest BCUT2D eigenvalue weighted by Crippen LogP contribution is 2.24. The third-order valence-corrected chi connectivity index (χ3v) is 7.68. The Hall–Kier alpha value is -4.14. The molecule has 0 aliphatic heterocycles. The molecule has 3 amide bonds. The van der Waals surface area contributed by atoms with Crippen molar-refractivity contribution in [2.24, 2.45) is 0 Å². The van der Waals surface area contributed by atoms with Crippen molar-refractivity contribution in [3.63, 3.8) is 0 Å². The summed E-state index contributed by atoms with van der Waals surface area (Å²) in [5, 5.41) is 10.5. The van der Waals surface area contributed by atoms with Crippen molar-refractivity contribution in [3.8, 4) is 0 Å².